The molecule has 0 saturated carbocycles. The highest BCUT2D eigenvalue weighted by molar-refractivity contribution is 7.80. The van der Waals surface area contributed by atoms with Crippen molar-refractivity contribution in [3.63, 3.8) is 0 Å². The van der Waals surface area contributed by atoms with E-state index < -0.39 is 0 Å². The lowest BCUT2D eigenvalue weighted by molar-refractivity contribution is -0.134. The fourth-order valence-corrected chi connectivity index (χ4v) is 1.74. The molecule has 0 saturated heterocycles. The second kappa shape index (κ2) is 7.19. The number of nitrogens with one attached hydrogen (secondary N) is 1. The Hall–Kier alpha value is -1.49. The first-order chi connectivity index (χ1) is 8.88. The number of carbonyl (C=O) groups excluding carboxylic acids is 2. The average molecular weight is 280 g/mol. The first-order valence-corrected chi connectivity index (χ1v) is 6.64. The Morgan fingerprint density at radius 3 is 2.37 bits per heavy atom. The largest absolute Gasteiger partial charge is 0.352 e. The van der Waals surface area contributed by atoms with Crippen molar-refractivity contribution in [3.8, 4) is 0 Å². The lowest BCUT2D eigenvalue weighted by atomic mass is 10.1. The summed E-state index contributed by atoms with van der Waals surface area (Å²) in [5.41, 5.74) is 0.916. The van der Waals surface area contributed by atoms with Crippen LogP contribution in [-0.2, 0) is 16.0 Å². The maximum absolute atomic E-state index is 11.9. The predicted molar refractivity (Wildman–Crippen MR) is 78.3 cm³/mol. The van der Waals surface area contributed by atoms with Gasteiger partial charge in [0.05, 0.1) is 13.0 Å². The molecule has 5 heteroatoms. The van der Waals surface area contributed by atoms with Crippen LogP contribution in [-0.4, -0.2) is 36.3 Å². The van der Waals surface area contributed by atoms with Gasteiger partial charge in [-0.3, -0.25) is 9.59 Å². The molecule has 0 aliphatic heterocycles. The Morgan fingerprint density at radius 1 is 1.26 bits per heavy atom. The van der Waals surface area contributed by atoms with E-state index in [2.05, 4.69) is 17.9 Å². The molecular weight excluding hydrogens is 260 g/mol. The summed E-state index contributed by atoms with van der Waals surface area (Å²) in [7, 11) is 1.63. The van der Waals surface area contributed by atoms with Crippen molar-refractivity contribution in [3.05, 3.63) is 29.8 Å². The van der Waals surface area contributed by atoms with Crippen molar-refractivity contribution in [2.75, 3.05) is 13.6 Å². The number of thiol groups is 1. The fourth-order valence-electron chi connectivity index (χ4n) is 1.59. The van der Waals surface area contributed by atoms with Gasteiger partial charge in [0.25, 0.3) is 0 Å². The second-order valence-electron chi connectivity index (χ2n) is 4.82. The van der Waals surface area contributed by atoms with Crippen LogP contribution in [0.2, 0.25) is 0 Å². The summed E-state index contributed by atoms with van der Waals surface area (Å²) < 4.78 is 0. The van der Waals surface area contributed by atoms with Gasteiger partial charge in [-0.15, -0.1) is 12.6 Å². The number of hydrogen-bond acceptors (Lipinski definition) is 3. The Labute approximate surface area is 119 Å². The van der Waals surface area contributed by atoms with Crippen LogP contribution in [0, 0.1) is 0 Å². The van der Waals surface area contributed by atoms with Gasteiger partial charge in [-0.2, -0.15) is 0 Å². The van der Waals surface area contributed by atoms with Gasteiger partial charge in [0, 0.05) is 18.0 Å². The number of likely N-dealkylation sites (N-methyl/N-ethyl adjacent to an activating group) is 1. The summed E-state index contributed by atoms with van der Waals surface area (Å²) in [6.45, 7) is 3.86. The lowest BCUT2D eigenvalue weighted by Crippen LogP contribution is -2.41. The van der Waals surface area contributed by atoms with Gasteiger partial charge < -0.3 is 10.2 Å². The van der Waals surface area contributed by atoms with Crippen LogP contribution in [0.5, 0.6) is 0 Å². The monoisotopic (exact) mass is 280 g/mol. The van der Waals surface area contributed by atoms with E-state index in [-0.39, 0.29) is 24.4 Å². The number of benzene rings is 1. The average Bonchev–Trinajstić information content (AvgIpc) is 2.30. The molecule has 1 aromatic rings. The van der Waals surface area contributed by atoms with E-state index in [0.717, 1.165) is 10.5 Å². The van der Waals surface area contributed by atoms with E-state index in [0.29, 0.717) is 6.42 Å². The Bertz CT molecular complexity index is 443. The Morgan fingerprint density at radius 2 is 1.84 bits per heavy atom. The maximum atomic E-state index is 11.9. The molecule has 0 radical (unpaired) electrons. The van der Waals surface area contributed by atoms with E-state index in [1.54, 1.807) is 7.05 Å². The zero-order chi connectivity index (χ0) is 14.4. The summed E-state index contributed by atoms with van der Waals surface area (Å²) in [5, 5.41) is 2.76. The van der Waals surface area contributed by atoms with Gasteiger partial charge in [0.15, 0.2) is 0 Å². The summed E-state index contributed by atoms with van der Waals surface area (Å²) in [6, 6.07) is 7.50. The summed E-state index contributed by atoms with van der Waals surface area (Å²) >= 11 is 4.19. The van der Waals surface area contributed by atoms with Crippen LogP contribution >= 0.6 is 12.6 Å². The zero-order valence-corrected chi connectivity index (χ0v) is 12.4. The van der Waals surface area contributed by atoms with E-state index in [4.69, 9.17) is 0 Å². The van der Waals surface area contributed by atoms with Gasteiger partial charge in [-0.25, -0.2) is 0 Å². The summed E-state index contributed by atoms with van der Waals surface area (Å²) in [4.78, 5) is 25.8. The molecule has 0 unspecified atom stereocenters. The second-order valence-corrected chi connectivity index (χ2v) is 5.33. The highest BCUT2D eigenvalue weighted by Crippen LogP contribution is 2.09. The van der Waals surface area contributed by atoms with Crippen molar-refractivity contribution in [1.29, 1.82) is 0 Å². The third-order valence-corrected chi connectivity index (χ3v) is 2.85. The SMILES string of the molecule is CC(C)NC(=O)CN(C)C(=O)Cc1ccc(S)cc1. The van der Waals surface area contributed by atoms with E-state index in [9.17, 15) is 9.59 Å². The summed E-state index contributed by atoms with van der Waals surface area (Å²) in [5.74, 6) is -0.220. The molecule has 1 rings (SSSR count). The Kier molecular flexibility index (Phi) is 5.89. The molecule has 19 heavy (non-hydrogen) atoms. The molecule has 0 aromatic heterocycles. The summed E-state index contributed by atoms with van der Waals surface area (Å²) in [6.07, 6.45) is 0.291. The van der Waals surface area contributed by atoms with Gasteiger partial charge in [-0.05, 0) is 31.5 Å². The van der Waals surface area contributed by atoms with Gasteiger partial charge in [-0.1, -0.05) is 12.1 Å². The van der Waals surface area contributed by atoms with Crippen molar-refractivity contribution in [1.82, 2.24) is 10.2 Å². The van der Waals surface area contributed by atoms with Crippen molar-refractivity contribution < 1.29 is 9.59 Å². The van der Waals surface area contributed by atoms with E-state index in [1.807, 2.05) is 38.1 Å². The molecule has 1 N–H and O–H groups in total. The van der Waals surface area contributed by atoms with Gasteiger partial charge in [0.2, 0.25) is 11.8 Å². The number of amides is 2. The Balaban J connectivity index is 2.48. The highest BCUT2D eigenvalue weighted by atomic mass is 32.1. The van der Waals surface area contributed by atoms with Crippen LogP contribution < -0.4 is 5.32 Å². The fraction of sp³-hybridized carbons (Fsp3) is 0.429. The van der Waals surface area contributed by atoms with Crippen molar-refractivity contribution in [2.24, 2.45) is 0 Å². The quantitative estimate of drug-likeness (QED) is 0.803. The predicted octanol–water partition coefficient (Wildman–Crippen LogP) is 1.50. The molecule has 104 valence electrons. The van der Waals surface area contributed by atoms with Gasteiger partial charge in [0.1, 0.15) is 0 Å². The maximum Gasteiger partial charge on any atom is 0.239 e. The first-order valence-electron chi connectivity index (χ1n) is 6.19. The van der Waals surface area contributed by atoms with Crippen molar-refractivity contribution in [2.45, 2.75) is 31.2 Å². The molecule has 0 bridgehead atoms. The third kappa shape index (κ3) is 5.79. The molecule has 4 nitrogen and oxygen atoms in total. The molecule has 0 heterocycles. The van der Waals surface area contributed by atoms with Crippen LogP contribution in [0.3, 0.4) is 0 Å². The molecule has 0 spiro atoms. The molecule has 0 fully saturated rings. The molecule has 2 amide bonds. The molecule has 0 aliphatic rings. The standard InChI is InChI=1S/C14H20N2O2S/c1-10(2)15-13(17)9-16(3)14(18)8-11-4-6-12(19)7-5-11/h4-7,10,19H,8-9H2,1-3H3,(H,15,17). The normalized spacial score (nSPS) is 10.4. The molecule has 0 atom stereocenters. The van der Waals surface area contributed by atoms with Crippen LogP contribution in [0.4, 0.5) is 0 Å². The smallest absolute Gasteiger partial charge is 0.239 e. The minimum absolute atomic E-state index is 0.0779. The number of carbonyl (C=O) groups is 2. The molecular formula is C14H20N2O2S. The zero-order valence-electron chi connectivity index (χ0n) is 11.5. The first kappa shape index (κ1) is 15.6. The lowest BCUT2D eigenvalue weighted by Gasteiger charge is -2.18. The minimum Gasteiger partial charge on any atom is -0.352 e. The van der Waals surface area contributed by atoms with E-state index in [1.165, 1.54) is 4.90 Å². The van der Waals surface area contributed by atoms with Crippen LogP contribution in [0.25, 0.3) is 0 Å². The third-order valence-electron chi connectivity index (χ3n) is 2.55. The van der Waals surface area contributed by atoms with Crippen LogP contribution in [0.1, 0.15) is 19.4 Å². The topological polar surface area (TPSA) is 49.4 Å². The molecule has 0 aliphatic carbocycles. The van der Waals surface area contributed by atoms with Gasteiger partial charge >= 0.3 is 0 Å². The number of rotatable bonds is 5. The number of nitrogens with zero attached hydrogens (tertiary/aromatic N) is 1. The minimum atomic E-state index is -0.142. The van der Waals surface area contributed by atoms with Crippen LogP contribution in [0.15, 0.2) is 29.2 Å². The van der Waals surface area contributed by atoms with Crippen molar-refractivity contribution >= 4 is 24.4 Å². The number of hydrogen-bond donors (Lipinski definition) is 2. The van der Waals surface area contributed by atoms with E-state index >= 15 is 0 Å². The highest BCUT2D eigenvalue weighted by Gasteiger charge is 2.13. The molecule has 1 aromatic carbocycles.